The van der Waals surface area contributed by atoms with Crippen LogP contribution in [0.5, 0.6) is 0 Å². The van der Waals surface area contributed by atoms with E-state index < -0.39 is 0 Å². The lowest BCUT2D eigenvalue weighted by Crippen LogP contribution is -2.42. The van der Waals surface area contributed by atoms with Crippen LogP contribution in [0.25, 0.3) is 0 Å². The molecule has 0 spiro atoms. The predicted molar refractivity (Wildman–Crippen MR) is 92.9 cm³/mol. The van der Waals surface area contributed by atoms with Gasteiger partial charge in [-0.2, -0.15) is 0 Å². The Balaban J connectivity index is 0. The maximum absolute atomic E-state index is 4.39. The predicted octanol–water partition coefficient (Wildman–Crippen LogP) is 3.56. The minimum absolute atomic E-state index is 0. The molecular weight excluding hydrogens is 337 g/mol. The number of nitrogens with zero attached hydrogens (tertiary/aromatic N) is 1. The van der Waals surface area contributed by atoms with E-state index in [0.29, 0.717) is 18.0 Å². The molecule has 0 bridgehead atoms. The molecule has 4 heteroatoms. The Morgan fingerprint density at radius 2 is 2.00 bits per heavy atom. The second-order valence-electron chi connectivity index (χ2n) is 5.65. The van der Waals surface area contributed by atoms with E-state index >= 15 is 0 Å². The lowest BCUT2D eigenvalue weighted by Gasteiger charge is -2.23. The summed E-state index contributed by atoms with van der Waals surface area (Å²) in [5, 5.41) is 6.65. The maximum Gasteiger partial charge on any atom is 0.191 e. The summed E-state index contributed by atoms with van der Waals surface area (Å²) in [4.78, 5) is 4.39. The highest BCUT2D eigenvalue weighted by molar-refractivity contribution is 14.0. The van der Waals surface area contributed by atoms with Crippen molar-refractivity contribution in [2.75, 3.05) is 13.1 Å². The van der Waals surface area contributed by atoms with Crippen molar-refractivity contribution in [1.29, 1.82) is 0 Å². The van der Waals surface area contributed by atoms with Crippen LogP contribution < -0.4 is 10.6 Å². The molecule has 108 valence electrons. The van der Waals surface area contributed by atoms with E-state index in [4.69, 9.17) is 0 Å². The van der Waals surface area contributed by atoms with Crippen LogP contribution in [0.2, 0.25) is 0 Å². The molecule has 0 radical (unpaired) electrons. The highest BCUT2D eigenvalue weighted by atomic mass is 127. The quantitative estimate of drug-likeness (QED) is 0.326. The Labute approximate surface area is 130 Å². The lowest BCUT2D eigenvalue weighted by atomic mass is 9.89. The number of hydrogen-bond acceptors (Lipinski definition) is 1. The van der Waals surface area contributed by atoms with Gasteiger partial charge in [0.1, 0.15) is 0 Å². The molecule has 2 N–H and O–H groups in total. The Bertz CT molecular complexity index is 244. The van der Waals surface area contributed by atoms with Crippen LogP contribution in [0, 0.1) is 5.41 Å². The average Bonchev–Trinajstić information content (AvgIpc) is 2.22. The molecule has 0 saturated carbocycles. The summed E-state index contributed by atoms with van der Waals surface area (Å²) >= 11 is 0. The van der Waals surface area contributed by atoms with Crippen molar-refractivity contribution < 1.29 is 0 Å². The number of rotatable bonds is 6. The molecule has 0 heterocycles. The van der Waals surface area contributed by atoms with E-state index in [0.717, 1.165) is 18.9 Å². The summed E-state index contributed by atoms with van der Waals surface area (Å²) in [6, 6.07) is 0.442. The van der Waals surface area contributed by atoms with Crippen LogP contribution in [0.1, 0.15) is 47.5 Å². The molecule has 0 aromatic heterocycles. The molecule has 0 aliphatic rings. The number of guanidine groups is 1. The fraction of sp³-hybridized carbons (Fsp3) is 0.786. The van der Waals surface area contributed by atoms with Crippen molar-refractivity contribution in [2.45, 2.75) is 53.5 Å². The van der Waals surface area contributed by atoms with E-state index in [1.165, 1.54) is 6.42 Å². The van der Waals surface area contributed by atoms with E-state index in [-0.39, 0.29) is 24.0 Å². The fourth-order valence-corrected chi connectivity index (χ4v) is 1.43. The van der Waals surface area contributed by atoms with Gasteiger partial charge in [-0.15, -0.1) is 30.6 Å². The Morgan fingerprint density at radius 3 is 2.44 bits per heavy atom. The van der Waals surface area contributed by atoms with Crippen LogP contribution in [-0.2, 0) is 0 Å². The van der Waals surface area contributed by atoms with Crippen LogP contribution in [-0.4, -0.2) is 25.1 Å². The number of aliphatic imine (C=N–C) groups is 1. The molecule has 0 amide bonds. The van der Waals surface area contributed by atoms with Gasteiger partial charge in [-0.25, -0.2) is 4.99 Å². The first-order valence-corrected chi connectivity index (χ1v) is 6.54. The Kier molecular flexibility index (Phi) is 11.9. The van der Waals surface area contributed by atoms with Gasteiger partial charge in [-0.3, -0.25) is 0 Å². The van der Waals surface area contributed by atoms with Gasteiger partial charge in [0.25, 0.3) is 0 Å². The van der Waals surface area contributed by atoms with Crippen molar-refractivity contribution in [1.82, 2.24) is 10.6 Å². The van der Waals surface area contributed by atoms with Crippen molar-refractivity contribution in [3.05, 3.63) is 12.7 Å². The first-order chi connectivity index (χ1) is 7.89. The Hall–Kier alpha value is -0.260. The minimum atomic E-state index is 0. The van der Waals surface area contributed by atoms with Crippen molar-refractivity contribution in [3.63, 3.8) is 0 Å². The van der Waals surface area contributed by atoms with Crippen LogP contribution in [0.4, 0.5) is 0 Å². The molecule has 1 atom stereocenters. The van der Waals surface area contributed by atoms with Crippen LogP contribution >= 0.6 is 24.0 Å². The van der Waals surface area contributed by atoms with Gasteiger partial charge in [0.15, 0.2) is 5.96 Å². The summed E-state index contributed by atoms with van der Waals surface area (Å²) in [5.74, 6) is 0.883. The smallest absolute Gasteiger partial charge is 0.191 e. The fourth-order valence-electron chi connectivity index (χ4n) is 1.43. The second kappa shape index (κ2) is 10.6. The van der Waals surface area contributed by atoms with Gasteiger partial charge in [0.05, 0.1) is 6.54 Å². The van der Waals surface area contributed by atoms with E-state index in [9.17, 15) is 0 Å². The SMILES string of the molecule is C=CCN=C(NCC)NC(C)CCC(C)(C)C.I. The summed E-state index contributed by atoms with van der Waals surface area (Å²) in [5.41, 5.74) is 0.395. The molecule has 0 aromatic rings. The number of hydrogen-bond donors (Lipinski definition) is 2. The van der Waals surface area contributed by atoms with Gasteiger partial charge >= 0.3 is 0 Å². The molecule has 0 aromatic carbocycles. The topological polar surface area (TPSA) is 36.4 Å². The molecule has 3 nitrogen and oxygen atoms in total. The van der Waals surface area contributed by atoms with Gasteiger partial charge in [0, 0.05) is 12.6 Å². The number of nitrogens with one attached hydrogen (secondary N) is 2. The van der Waals surface area contributed by atoms with Gasteiger partial charge < -0.3 is 10.6 Å². The maximum atomic E-state index is 4.39. The van der Waals surface area contributed by atoms with E-state index in [2.05, 4.69) is 56.8 Å². The number of halogens is 1. The molecule has 0 aliphatic heterocycles. The van der Waals surface area contributed by atoms with Crippen molar-refractivity contribution >= 4 is 29.9 Å². The first-order valence-electron chi connectivity index (χ1n) is 6.54. The van der Waals surface area contributed by atoms with Gasteiger partial charge in [-0.1, -0.05) is 26.8 Å². The minimum Gasteiger partial charge on any atom is -0.357 e. The standard InChI is InChI=1S/C14H29N3.HI/c1-7-11-16-13(15-8-2)17-12(3)9-10-14(4,5)6;/h7,12H,1,8-11H2,2-6H3,(H2,15,16,17);1H. The third-order valence-corrected chi connectivity index (χ3v) is 2.43. The summed E-state index contributed by atoms with van der Waals surface area (Å²) in [7, 11) is 0. The van der Waals surface area contributed by atoms with Crippen molar-refractivity contribution in [2.24, 2.45) is 10.4 Å². The van der Waals surface area contributed by atoms with E-state index in [1.807, 2.05) is 0 Å². The molecule has 0 aliphatic carbocycles. The van der Waals surface area contributed by atoms with E-state index in [1.54, 1.807) is 6.08 Å². The zero-order chi connectivity index (χ0) is 13.3. The molecule has 1 unspecified atom stereocenters. The highest BCUT2D eigenvalue weighted by Crippen LogP contribution is 2.21. The normalized spacial score (nSPS) is 13.5. The summed E-state index contributed by atoms with van der Waals surface area (Å²) in [6.45, 7) is 16.3. The van der Waals surface area contributed by atoms with Crippen LogP contribution in [0.15, 0.2) is 17.6 Å². The third kappa shape index (κ3) is 12.2. The largest absolute Gasteiger partial charge is 0.357 e. The molecular formula is C14H30IN3. The Morgan fingerprint density at radius 1 is 1.39 bits per heavy atom. The molecule has 0 rings (SSSR count). The molecule has 0 fully saturated rings. The zero-order valence-electron chi connectivity index (χ0n) is 12.5. The van der Waals surface area contributed by atoms with Gasteiger partial charge in [-0.05, 0) is 32.1 Å². The second-order valence-corrected chi connectivity index (χ2v) is 5.65. The monoisotopic (exact) mass is 367 g/mol. The van der Waals surface area contributed by atoms with Crippen molar-refractivity contribution in [3.8, 4) is 0 Å². The third-order valence-electron chi connectivity index (χ3n) is 2.43. The highest BCUT2D eigenvalue weighted by Gasteiger charge is 2.13. The zero-order valence-corrected chi connectivity index (χ0v) is 14.9. The van der Waals surface area contributed by atoms with Crippen LogP contribution in [0.3, 0.4) is 0 Å². The lowest BCUT2D eigenvalue weighted by molar-refractivity contribution is 0.346. The first kappa shape index (κ1) is 20.1. The average molecular weight is 367 g/mol. The summed E-state index contributed by atoms with van der Waals surface area (Å²) < 4.78 is 0. The summed E-state index contributed by atoms with van der Waals surface area (Å²) in [6.07, 6.45) is 4.17. The molecule has 0 saturated heterocycles. The van der Waals surface area contributed by atoms with Gasteiger partial charge in [0.2, 0.25) is 0 Å². The molecule has 18 heavy (non-hydrogen) atoms.